The van der Waals surface area contributed by atoms with Gasteiger partial charge in [-0.25, -0.2) is 0 Å². The number of nitrogens with one attached hydrogen (secondary N) is 1. The van der Waals surface area contributed by atoms with Gasteiger partial charge in [-0.15, -0.1) is 0 Å². The van der Waals surface area contributed by atoms with Crippen LogP contribution in [0.3, 0.4) is 0 Å². The van der Waals surface area contributed by atoms with Crippen molar-refractivity contribution in [2.24, 2.45) is 0 Å². The first-order valence-corrected chi connectivity index (χ1v) is 8.07. The number of halogens is 1. The maximum Gasteiger partial charge on any atom is 0.224 e. The maximum absolute atomic E-state index is 12.3. The van der Waals surface area contributed by atoms with E-state index < -0.39 is 0 Å². The van der Waals surface area contributed by atoms with E-state index in [1.54, 1.807) is 30.3 Å². The number of ketones is 1. The van der Waals surface area contributed by atoms with Crippen molar-refractivity contribution in [3.05, 3.63) is 77.3 Å². The molecule has 0 spiro atoms. The predicted octanol–water partition coefficient (Wildman–Crippen LogP) is 5.09. The molecule has 3 aromatic carbocycles. The molecule has 3 rings (SSSR count). The maximum atomic E-state index is 12.3. The molecular weight excluding hydrogens is 322 g/mol. The largest absolute Gasteiger partial charge is 0.326 e. The van der Waals surface area contributed by atoms with E-state index in [2.05, 4.69) is 5.32 Å². The van der Waals surface area contributed by atoms with E-state index in [1.807, 2.05) is 36.4 Å². The molecule has 0 fully saturated rings. The Bertz CT molecular complexity index is 905. The summed E-state index contributed by atoms with van der Waals surface area (Å²) in [6, 6.07) is 20.4. The molecule has 0 aliphatic heterocycles. The topological polar surface area (TPSA) is 46.2 Å². The van der Waals surface area contributed by atoms with Crippen molar-refractivity contribution in [1.29, 1.82) is 0 Å². The molecule has 0 aliphatic carbocycles. The molecule has 0 aliphatic rings. The molecule has 0 saturated carbocycles. The van der Waals surface area contributed by atoms with Gasteiger partial charge in [-0.2, -0.15) is 0 Å². The fraction of sp³-hybridized carbons (Fsp3) is 0.100. The number of Topliss-reactive ketones (excluding diaryl/α,β-unsaturated/α-hetero) is 1. The van der Waals surface area contributed by atoms with E-state index in [1.165, 1.54) is 0 Å². The smallest absolute Gasteiger partial charge is 0.224 e. The highest BCUT2D eigenvalue weighted by molar-refractivity contribution is 6.30. The van der Waals surface area contributed by atoms with E-state index >= 15 is 0 Å². The molecular formula is C20H16ClNO2. The van der Waals surface area contributed by atoms with Gasteiger partial charge in [0.1, 0.15) is 0 Å². The Morgan fingerprint density at radius 3 is 2.42 bits per heavy atom. The molecule has 120 valence electrons. The molecule has 24 heavy (non-hydrogen) atoms. The van der Waals surface area contributed by atoms with Gasteiger partial charge >= 0.3 is 0 Å². The van der Waals surface area contributed by atoms with Crippen molar-refractivity contribution < 1.29 is 9.59 Å². The molecule has 0 bridgehead atoms. The van der Waals surface area contributed by atoms with Crippen molar-refractivity contribution >= 4 is 39.8 Å². The van der Waals surface area contributed by atoms with Crippen LogP contribution in [0.15, 0.2) is 66.7 Å². The Kier molecular flexibility index (Phi) is 4.92. The normalized spacial score (nSPS) is 10.5. The highest BCUT2D eigenvalue weighted by Gasteiger charge is 2.10. The van der Waals surface area contributed by atoms with Gasteiger partial charge in [0.15, 0.2) is 5.78 Å². The molecule has 1 amide bonds. The van der Waals surface area contributed by atoms with Crippen LogP contribution in [0.25, 0.3) is 10.8 Å². The van der Waals surface area contributed by atoms with Gasteiger partial charge in [-0.1, -0.05) is 54.1 Å². The SMILES string of the molecule is O=C(CCC(=O)c1ccc2ccccc2c1)Nc1cccc(Cl)c1. The summed E-state index contributed by atoms with van der Waals surface area (Å²) >= 11 is 5.88. The molecule has 0 unspecified atom stereocenters. The van der Waals surface area contributed by atoms with Crippen LogP contribution in [0.5, 0.6) is 0 Å². The zero-order chi connectivity index (χ0) is 16.9. The quantitative estimate of drug-likeness (QED) is 0.659. The van der Waals surface area contributed by atoms with E-state index in [0.717, 1.165) is 10.8 Å². The number of carbonyl (C=O) groups is 2. The Balaban J connectivity index is 1.60. The summed E-state index contributed by atoms with van der Waals surface area (Å²) in [6.07, 6.45) is 0.308. The van der Waals surface area contributed by atoms with Gasteiger partial charge in [0, 0.05) is 29.1 Å². The number of hydrogen-bond acceptors (Lipinski definition) is 2. The zero-order valence-corrected chi connectivity index (χ0v) is 13.7. The Labute approximate surface area is 145 Å². The van der Waals surface area contributed by atoms with E-state index in [9.17, 15) is 9.59 Å². The van der Waals surface area contributed by atoms with Crippen molar-refractivity contribution in [2.45, 2.75) is 12.8 Å². The summed E-state index contributed by atoms with van der Waals surface area (Å²) in [6.45, 7) is 0. The second-order valence-corrected chi connectivity index (χ2v) is 5.98. The van der Waals surface area contributed by atoms with Crippen LogP contribution < -0.4 is 5.32 Å². The first kappa shape index (κ1) is 16.2. The van der Waals surface area contributed by atoms with Crippen molar-refractivity contribution in [2.75, 3.05) is 5.32 Å². The minimum atomic E-state index is -0.202. The van der Waals surface area contributed by atoms with Crippen LogP contribution in [-0.4, -0.2) is 11.7 Å². The van der Waals surface area contributed by atoms with Crippen molar-refractivity contribution in [3.63, 3.8) is 0 Å². The Hall–Kier alpha value is -2.65. The fourth-order valence-corrected chi connectivity index (χ4v) is 2.71. The van der Waals surface area contributed by atoms with Crippen LogP contribution in [0.1, 0.15) is 23.2 Å². The summed E-state index contributed by atoms with van der Waals surface area (Å²) in [5, 5.41) is 5.41. The number of amides is 1. The van der Waals surface area contributed by atoms with E-state index in [0.29, 0.717) is 16.3 Å². The molecule has 0 aromatic heterocycles. The molecule has 3 aromatic rings. The third-order valence-corrected chi connectivity index (χ3v) is 3.99. The molecule has 4 heteroatoms. The number of hydrogen-bond donors (Lipinski definition) is 1. The molecule has 0 atom stereocenters. The number of fused-ring (bicyclic) bond motifs is 1. The summed E-state index contributed by atoms with van der Waals surface area (Å²) < 4.78 is 0. The van der Waals surface area contributed by atoms with E-state index in [4.69, 9.17) is 11.6 Å². The summed E-state index contributed by atoms with van der Waals surface area (Å²) in [4.78, 5) is 24.3. The van der Waals surface area contributed by atoms with Crippen molar-refractivity contribution in [1.82, 2.24) is 0 Å². The average molecular weight is 338 g/mol. The zero-order valence-electron chi connectivity index (χ0n) is 13.0. The molecule has 0 radical (unpaired) electrons. The van der Waals surface area contributed by atoms with Gasteiger partial charge < -0.3 is 5.32 Å². The van der Waals surface area contributed by atoms with Crippen molar-refractivity contribution in [3.8, 4) is 0 Å². The van der Waals surface area contributed by atoms with Gasteiger partial charge in [0.2, 0.25) is 5.91 Å². The number of benzene rings is 3. The summed E-state index contributed by atoms with van der Waals surface area (Å²) in [5.74, 6) is -0.242. The average Bonchev–Trinajstić information content (AvgIpc) is 2.59. The predicted molar refractivity (Wildman–Crippen MR) is 97.6 cm³/mol. The van der Waals surface area contributed by atoms with Crippen LogP contribution in [0.4, 0.5) is 5.69 Å². The lowest BCUT2D eigenvalue weighted by atomic mass is 10.0. The minimum Gasteiger partial charge on any atom is -0.326 e. The van der Waals surface area contributed by atoms with Crippen LogP contribution in [0, 0.1) is 0 Å². The number of carbonyl (C=O) groups excluding carboxylic acids is 2. The molecule has 1 N–H and O–H groups in total. The highest BCUT2D eigenvalue weighted by atomic mass is 35.5. The van der Waals surface area contributed by atoms with Crippen LogP contribution in [0.2, 0.25) is 5.02 Å². The molecule has 0 heterocycles. The monoisotopic (exact) mass is 337 g/mol. The lowest BCUT2D eigenvalue weighted by molar-refractivity contribution is -0.116. The standard InChI is InChI=1S/C20H16ClNO2/c21-17-6-3-7-18(13-17)22-20(24)11-10-19(23)16-9-8-14-4-1-2-5-15(14)12-16/h1-9,12-13H,10-11H2,(H,22,24). The first-order chi connectivity index (χ1) is 11.6. The lowest BCUT2D eigenvalue weighted by Crippen LogP contribution is -2.13. The van der Waals surface area contributed by atoms with Gasteiger partial charge in [-0.3, -0.25) is 9.59 Å². The molecule has 3 nitrogen and oxygen atoms in total. The molecule has 0 saturated heterocycles. The first-order valence-electron chi connectivity index (χ1n) is 7.69. The lowest BCUT2D eigenvalue weighted by Gasteiger charge is -2.06. The summed E-state index contributed by atoms with van der Waals surface area (Å²) in [7, 11) is 0. The second kappa shape index (κ2) is 7.28. The Morgan fingerprint density at radius 2 is 1.62 bits per heavy atom. The van der Waals surface area contributed by atoms with Crippen LogP contribution in [-0.2, 0) is 4.79 Å². The minimum absolute atomic E-state index is 0.0398. The highest BCUT2D eigenvalue weighted by Crippen LogP contribution is 2.18. The summed E-state index contributed by atoms with van der Waals surface area (Å²) in [5.41, 5.74) is 1.26. The third-order valence-electron chi connectivity index (χ3n) is 3.76. The third kappa shape index (κ3) is 4.00. The fourth-order valence-electron chi connectivity index (χ4n) is 2.52. The van der Waals surface area contributed by atoms with Gasteiger partial charge in [0.05, 0.1) is 0 Å². The number of rotatable bonds is 5. The second-order valence-electron chi connectivity index (χ2n) is 5.54. The van der Waals surface area contributed by atoms with Gasteiger partial charge in [-0.05, 0) is 35.0 Å². The van der Waals surface area contributed by atoms with Gasteiger partial charge in [0.25, 0.3) is 0 Å². The van der Waals surface area contributed by atoms with E-state index in [-0.39, 0.29) is 24.5 Å². The Morgan fingerprint density at radius 1 is 0.833 bits per heavy atom. The number of anilines is 1. The van der Waals surface area contributed by atoms with Crippen LogP contribution >= 0.6 is 11.6 Å².